The molecular weight excluding hydrogens is 382 g/mol. The van der Waals surface area contributed by atoms with Crippen LogP contribution in [0.1, 0.15) is 42.0 Å². The zero-order valence-electron chi connectivity index (χ0n) is 13.6. The van der Waals surface area contributed by atoms with Crippen LogP contribution in [-0.2, 0) is 13.0 Å². The normalized spacial score (nSPS) is 19.1. The van der Waals surface area contributed by atoms with Crippen molar-refractivity contribution in [1.82, 2.24) is 14.7 Å². The topological polar surface area (TPSA) is 60.9 Å². The monoisotopic (exact) mass is 399 g/mol. The van der Waals surface area contributed by atoms with E-state index < -0.39 is 0 Å². The molecule has 1 aromatic carbocycles. The summed E-state index contributed by atoms with van der Waals surface area (Å²) in [5.74, 6) is 2.27. The molecular formula is C19H18BrN3O2. The van der Waals surface area contributed by atoms with Gasteiger partial charge in [-0.3, -0.25) is 4.79 Å². The zero-order valence-corrected chi connectivity index (χ0v) is 15.2. The Morgan fingerprint density at radius 3 is 2.80 bits per heavy atom. The first-order valence-corrected chi connectivity index (χ1v) is 9.23. The van der Waals surface area contributed by atoms with Gasteiger partial charge in [0.15, 0.2) is 5.82 Å². The fourth-order valence-electron chi connectivity index (χ4n) is 3.12. The summed E-state index contributed by atoms with van der Waals surface area (Å²) in [5, 5.41) is 4.09. The van der Waals surface area contributed by atoms with E-state index in [1.54, 1.807) is 22.9 Å². The molecule has 5 nitrogen and oxygen atoms in total. The lowest BCUT2D eigenvalue weighted by atomic mass is 10.1. The Kier molecular flexibility index (Phi) is 4.53. The van der Waals surface area contributed by atoms with Crippen molar-refractivity contribution in [3.05, 3.63) is 80.8 Å². The minimum Gasteiger partial charge on any atom is -0.339 e. The van der Waals surface area contributed by atoms with Crippen LogP contribution in [0.15, 0.2) is 62.5 Å². The van der Waals surface area contributed by atoms with Crippen molar-refractivity contribution in [3.63, 3.8) is 0 Å². The number of benzene rings is 1. The SMILES string of the molecule is O=c1ccccn1CCCc1noc([C@@H]2C[C@H]2c2ccc(Br)cc2)n1. The molecule has 1 aliphatic rings. The van der Waals surface area contributed by atoms with Gasteiger partial charge in [-0.15, -0.1) is 0 Å². The van der Waals surface area contributed by atoms with Gasteiger partial charge in [-0.2, -0.15) is 4.98 Å². The smallest absolute Gasteiger partial charge is 0.250 e. The Balaban J connectivity index is 1.33. The van der Waals surface area contributed by atoms with Crippen LogP contribution < -0.4 is 5.56 Å². The molecule has 0 bridgehead atoms. The van der Waals surface area contributed by atoms with Crippen LogP contribution in [-0.4, -0.2) is 14.7 Å². The molecule has 0 saturated heterocycles. The number of aryl methyl sites for hydroxylation is 2. The van der Waals surface area contributed by atoms with Crippen molar-refractivity contribution >= 4 is 15.9 Å². The first-order valence-electron chi connectivity index (χ1n) is 8.44. The minimum atomic E-state index is 0.0200. The third-order valence-corrected chi connectivity index (χ3v) is 5.12. The molecule has 0 amide bonds. The van der Waals surface area contributed by atoms with E-state index in [1.807, 2.05) is 6.07 Å². The molecule has 3 aromatic rings. The highest BCUT2D eigenvalue weighted by atomic mass is 79.9. The molecule has 2 atom stereocenters. The van der Waals surface area contributed by atoms with Gasteiger partial charge in [0.25, 0.3) is 0 Å². The first kappa shape index (κ1) is 16.3. The lowest BCUT2D eigenvalue weighted by Crippen LogP contribution is -2.18. The van der Waals surface area contributed by atoms with Gasteiger partial charge in [0.2, 0.25) is 11.4 Å². The van der Waals surface area contributed by atoms with Crippen LogP contribution in [0, 0.1) is 0 Å². The molecule has 1 saturated carbocycles. The molecule has 6 heteroatoms. The van der Waals surface area contributed by atoms with Crippen LogP contribution in [0.4, 0.5) is 0 Å². The Bertz CT molecular complexity index is 917. The molecule has 1 fully saturated rings. The third kappa shape index (κ3) is 3.74. The van der Waals surface area contributed by atoms with E-state index in [9.17, 15) is 4.79 Å². The Labute approximate surface area is 153 Å². The quantitative estimate of drug-likeness (QED) is 0.630. The van der Waals surface area contributed by atoms with Gasteiger partial charge in [-0.1, -0.05) is 39.3 Å². The molecule has 0 N–H and O–H groups in total. The molecule has 0 radical (unpaired) electrons. The predicted molar refractivity (Wildman–Crippen MR) is 97.6 cm³/mol. The number of aromatic nitrogens is 3. The Hall–Kier alpha value is -2.21. The summed E-state index contributed by atoms with van der Waals surface area (Å²) in [4.78, 5) is 16.2. The molecule has 4 rings (SSSR count). The summed E-state index contributed by atoms with van der Waals surface area (Å²) in [6, 6.07) is 13.6. The summed E-state index contributed by atoms with van der Waals surface area (Å²) in [6.07, 6.45) is 4.38. The van der Waals surface area contributed by atoms with Gasteiger partial charge in [-0.05, 0) is 42.5 Å². The summed E-state index contributed by atoms with van der Waals surface area (Å²) in [7, 11) is 0. The molecule has 1 aliphatic carbocycles. The molecule has 0 spiro atoms. The van der Waals surface area contributed by atoms with Crippen molar-refractivity contribution in [2.24, 2.45) is 0 Å². The maximum absolute atomic E-state index is 11.7. The van der Waals surface area contributed by atoms with E-state index in [0.717, 1.165) is 29.0 Å². The zero-order chi connectivity index (χ0) is 17.2. The van der Waals surface area contributed by atoms with E-state index in [4.69, 9.17) is 4.52 Å². The van der Waals surface area contributed by atoms with Crippen LogP contribution >= 0.6 is 15.9 Å². The van der Waals surface area contributed by atoms with Crippen LogP contribution in [0.2, 0.25) is 0 Å². The van der Waals surface area contributed by atoms with Crippen molar-refractivity contribution in [2.45, 2.75) is 37.6 Å². The van der Waals surface area contributed by atoms with Gasteiger partial charge >= 0.3 is 0 Å². The lowest BCUT2D eigenvalue weighted by molar-refractivity contribution is 0.372. The number of nitrogens with zero attached hydrogens (tertiary/aromatic N) is 3. The number of halogens is 1. The largest absolute Gasteiger partial charge is 0.339 e. The van der Waals surface area contributed by atoms with Gasteiger partial charge in [0.05, 0.1) is 0 Å². The van der Waals surface area contributed by atoms with Crippen LogP contribution in [0.5, 0.6) is 0 Å². The Morgan fingerprint density at radius 2 is 2.00 bits per heavy atom. The summed E-state index contributed by atoms with van der Waals surface area (Å²) in [5.41, 5.74) is 1.34. The van der Waals surface area contributed by atoms with Gasteiger partial charge < -0.3 is 9.09 Å². The van der Waals surface area contributed by atoms with Crippen molar-refractivity contribution in [3.8, 4) is 0 Å². The van der Waals surface area contributed by atoms with E-state index in [-0.39, 0.29) is 5.56 Å². The number of hydrogen-bond donors (Lipinski definition) is 0. The minimum absolute atomic E-state index is 0.0200. The van der Waals surface area contributed by atoms with Crippen molar-refractivity contribution < 1.29 is 4.52 Å². The molecule has 128 valence electrons. The first-order chi connectivity index (χ1) is 12.2. The van der Waals surface area contributed by atoms with Crippen molar-refractivity contribution in [1.29, 1.82) is 0 Å². The maximum atomic E-state index is 11.7. The molecule has 25 heavy (non-hydrogen) atoms. The van der Waals surface area contributed by atoms with Gasteiger partial charge in [-0.25, -0.2) is 0 Å². The number of rotatable bonds is 6. The van der Waals surface area contributed by atoms with Crippen LogP contribution in [0.25, 0.3) is 0 Å². The molecule has 0 unspecified atom stereocenters. The number of pyridine rings is 1. The van der Waals surface area contributed by atoms with E-state index in [1.165, 1.54) is 5.56 Å². The van der Waals surface area contributed by atoms with Gasteiger partial charge in [0, 0.05) is 35.6 Å². The van der Waals surface area contributed by atoms with Crippen molar-refractivity contribution in [2.75, 3.05) is 0 Å². The second kappa shape index (κ2) is 6.96. The molecule has 0 aliphatic heterocycles. The predicted octanol–water partition coefficient (Wildman–Crippen LogP) is 3.90. The highest BCUT2D eigenvalue weighted by molar-refractivity contribution is 9.10. The number of hydrogen-bond acceptors (Lipinski definition) is 4. The average Bonchev–Trinajstić information content (AvgIpc) is 3.28. The molecule has 2 heterocycles. The lowest BCUT2D eigenvalue weighted by Gasteiger charge is -2.02. The summed E-state index contributed by atoms with van der Waals surface area (Å²) < 4.78 is 8.24. The highest BCUT2D eigenvalue weighted by Crippen LogP contribution is 2.54. The van der Waals surface area contributed by atoms with Crippen LogP contribution in [0.3, 0.4) is 0 Å². The summed E-state index contributed by atoms with van der Waals surface area (Å²) in [6.45, 7) is 0.661. The van der Waals surface area contributed by atoms with E-state index in [0.29, 0.717) is 24.8 Å². The van der Waals surface area contributed by atoms with Gasteiger partial charge in [0.1, 0.15) is 0 Å². The second-order valence-electron chi connectivity index (χ2n) is 6.38. The summed E-state index contributed by atoms with van der Waals surface area (Å²) >= 11 is 3.46. The fraction of sp³-hybridized carbons (Fsp3) is 0.316. The fourth-order valence-corrected chi connectivity index (χ4v) is 3.38. The van der Waals surface area contributed by atoms with E-state index in [2.05, 4.69) is 50.3 Å². The highest BCUT2D eigenvalue weighted by Gasteiger charge is 2.43. The second-order valence-corrected chi connectivity index (χ2v) is 7.30. The van der Waals surface area contributed by atoms with E-state index >= 15 is 0 Å². The third-order valence-electron chi connectivity index (χ3n) is 4.59. The average molecular weight is 400 g/mol. The standard InChI is InChI=1S/C19H18BrN3O2/c20-14-8-6-13(7-9-14)15-12-16(15)19-21-17(22-25-19)4-3-11-23-10-2-1-5-18(23)24/h1-2,5-10,15-16H,3-4,11-12H2/t15-,16+/m0/s1. The maximum Gasteiger partial charge on any atom is 0.250 e. The Morgan fingerprint density at radius 1 is 1.16 bits per heavy atom. The molecule has 2 aromatic heterocycles.